The highest BCUT2D eigenvalue weighted by Crippen LogP contribution is 2.39. The van der Waals surface area contributed by atoms with Gasteiger partial charge in [0.2, 0.25) is 0 Å². The molecule has 0 saturated heterocycles. The molecule has 0 fully saturated rings. The highest BCUT2D eigenvalue weighted by atomic mass is 35.5. The van der Waals surface area contributed by atoms with Gasteiger partial charge in [-0.15, -0.1) is 23.2 Å². The van der Waals surface area contributed by atoms with Gasteiger partial charge in [-0.2, -0.15) is 0 Å². The molecule has 0 heterocycles. The third kappa shape index (κ3) is 4.02. The fourth-order valence-corrected chi connectivity index (χ4v) is 3.94. The summed E-state index contributed by atoms with van der Waals surface area (Å²) in [6, 6.07) is 0.115. The number of rotatable bonds is 6. The lowest BCUT2D eigenvalue weighted by Gasteiger charge is -2.30. The summed E-state index contributed by atoms with van der Waals surface area (Å²) in [5.74, 6) is 0. The Morgan fingerprint density at radius 2 is 1.43 bits per heavy atom. The van der Waals surface area contributed by atoms with Crippen LogP contribution in [0.1, 0.15) is 0 Å². The van der Waals surface area contributed by atoms with Crippen molar-refractivity contribution in [3.05, 3.63) is 0 Å². The third-order valence-electron chi connectivity index (χ3n) is 1.70. The van der Waals surface area contributed by atoms with Gasteiger partial charge in [-0.05, 0) is 0 Å². The van der Waals surface area contributed by atoms with Crippen LogP contribution in [-0.2, 0) is 13.3 Å². The Hall–Kier alpha value is 1.26. The van der Waals surface area contributed by atoms with Crippen molar-refractivity contribution in [1.82, 2.24) is 0 Å². The van der Waals surface area contributed by atoms with Crippen molar-refractivity contribution in [2.24, 2.45) is 0 Å². The fourth-order valence-electron chi connectivity index (χ4n) is 0.832. The summed E-state index contributed by atoms with van der Waals surface area (Å²) in [5, 5.41) is 0. The van der Waals surface area contributed by atoms with E-state index >= 15 is 0 Å². The molecule has 0 unspecified atom stereocenters. The van der Waals surface area contributed by atoms with Crippen molar-refractivity contribution in [2.75, 3.05) is 21.3 Å². The van der Waals surface area contributed by atoms with Crippen LogP contribution in [0.15, 0.2) is 0 Å². The molecular weight excluding hydrogens is 290 g/mol. The van der Waals surface area contributed by atoms with E-state index in [1.165, 1.54) is 21.3 Å². The second-order valence-corrected chi connectivity index (χ2v) is 8.12. The maximum absolute atomic E-state index is 5.89. The van der Waals surface area contributed by atoms with E-state index in [0.29, 0.717) is 0 Å². The number of hydrogen-bond acceptors (Lipinski definition) is 3. The summed E-state index contributed by atoms with van der Waals surface area (Å²) in [6.45, 7) is 0. The zero-order chi connectivity index (χ0) is 11.4. The molecule has 0 amide bonds. The molecule has 0 saturated carbocycles. The maximum Gasteiger partial charge on any atom is 0.503 e. The van der Waals surface area contributed by atoms with E-state index in [1.54, 1.807) is 0 Å². The minimum atomic E-state index is -2.85. The largest absolute Gasteiger partial charge is 0.503 e. The van der Waals surface area contributed by atoms with Crippen molar-refractivity contribution < 1.29 is 13.3 Å². The number of alkyl halides is 4. The molecule has 0 aromatic rings. The van der Waals surface area contributed by atoms with E-state index in [9.17, 15) is 0 Å². The molecule has 0 aliphatic rings. The Balaban J connectivity index is 4.58. The first-order chi connectivity index (χ1) is 6.33. The van der Waals surface area contributed by atoms with Crippen LogP contribution in [0.25, 0.3) is 0 Å². The monoisotopic (exact) mass is 300 g/mol. The topological polar surface area (TPSA) is 27.7 Å². The summed E-state index contributed by atoms with van der Waals surface area (Å²) in [5.41, 5.74) is 0. The molecule has 0 rings (SSSR count). The lowest BCUT2D eigenvalue weighted by atomic mass is 10.5. The molecule has 86 valence electrons. The smallest absolute Gasteiger partial charge is 0.377 e. The van der Waals surface area contributed by atoms with E-state index in [2.05, 4.69) is 0 Å². The molecular formula is C6H12Cl4O3Si. The Morgan fingerprint density at radius 3 is 1.64 bits per heavy atom. The highest BCUT2D eigenvalue weighted by Gasteiger charge is 2.49. The SMILES string of the molecule is CO[Si](CC(Cl)(Cl)C(Cl)Cl)(OC)OC. The second-order valence-electron chi connectivity index (χ2n) is 2.53. The lowest BCUT2D eigenvalue weighted by molar-refractivity contribution is 0.122. The number of hydrogen-bond donors (Lipinski definition) is 0. The molecule has 8 heteroatoms. The zero-order valence-corrected chi connectivity index (χ0v) is 12.0. The summed E-state index contributed by atoms with van der Waals surface area (Å²) in [6.07, 6.45) is 0. The fraction of sp³-hybridized carbons (Fsp3) is 1.00. The van der Waals surface area contributed by atoms with Gasteiger partial charge in [0.25, 0.3) is 0 Å². The van der Waals surface area contributed by atoms with Crippen LogP contribution >= 0.6 is 46.4 Å². The first-order valence-corrected chi connectivity index (χ1v) is 7.21. The van der Waals surface area contributed by atoms with Crippen LogP contribution in [-0.4, -0.2) is 39.3 Å². The highest BCUT2D eigenvalue weighted by molar-refractivity contribution is 6.68. The van der Waals surface area contributed by atoms with Gasteiger partial charge < -0.3 is 13.3 Å². The van der Waals surface area contributed by atoms with Gasteiger partial charge in [-0.1, -0.05) is 23.2 Å². The van der Waals surface area contributed by atoms with Gasteiger partial charge in [0.05, 0.1) is 6.04 Å². The summed E-state index contributed by atoms with van der Waals surface area (Å²) < 4.78 is 14.0. The van der Waals surface area contributed by atoms with Crippen LogP contribution < -0.4 is 0 Å². The normalized spacial score (nSPS) is 13.7. The summed E-state index contributed by atoms with van der Waals surface area (Å²) in [7, 11) is 1.53. The third-order valence-corrected chi connectivity index (χ3v) is 6.90. The van der Waals surface area contributed by atoms with Crippen molar-refractivity contribution in [1.29, 1.82) is 0 Å². The van der Waals surface area contributed by atoms with Crippen molar-refractivity contribution in [2.45, 2.75) is 15.2 Å². The molecule has 14 heavy (non-hydrogen) atoms. The molecule has 0 aromatic carbocycles. The molecule has 3 nitrogen and oxygen atoms in total. The van der Waals surface area contributed by atoms with E-state index in [1.807, 2.05) is 0 Å². The molecule has 0 bridgehead atoms. The van der Waals surface area contributed by atoms with Crippen molar-refractivity contribution >= 4 is 55.2 Å². The van der Waals surface area contributed by atoms with Gasteiger partial charge >= 0.3 is 8.80 Å². The maximum atomic E-state index is 5.89. The molecule has 0 atom stereocenters. The predicted molar refractivity (Wildman–Crippen MR) is 61.5 cm³/mol. The Bertz CT molecular complexity index is 166. The average molecular weight is 302 g/mol. The summed E-state index contributed by atoms with van der Waals surface area (Å²) >= 11 is 23.0. The molecule has 0 aliphatic heterocycles. The number of halogens is 4. The lowest BCUT2D eigenvalue weighted by Crippen LogP contribution is -2.48. The van der Waals surface area contributed by atoms with Crippen molar-refractivity contribution in [3.63, 3.8) is 0 Å². The van der Waals surface area contributed by atoms with Gasteiger partial charge in [-0.25, -0.2) is 0 Å². The molecule has 0 N–H and O–H groups in total. The Kier molecular flexibility index (Phi) is 6.65. The Morgan fingerprint density at radius 1 is 1.07 bits per heavy atom. The standard InChI is InChI=1S/C6H12Cl4O3Si/c1-11-14(12-2,13-3)4-6(9,10)5(7)8/h5H,4H2,1-3H3. The van der Waals surface area contributed by atoms with Crippen molar-refractivity contribution in [3.8, 4) is 0 Å². The molecule has 0 radical (unpaired) electrons. The van der Waals surface area contributed by atoms with Gasteiger partial charge in [0.1, 0.15) is 4.84 Å². The first kappa shape index (κ1) is 15.3. The van der Waals surface area contributed by atoms with E-state index in [4.69, 9.17) is 59.7 Å². The van der Waals surface area contributed by atoms with Gasteiger partial charge in [-0.3, -0.25) is 0 Å². The minimum absolute atomic E-state index is 0.115. The van der Waals surface area contributed by atoms with Crippen LogP contribution in [0.3, 0.4) is 0 Å². The quantitative estimate of drug-likeness (QED) is 0.558. The molecule has 0 aliphatic carbocycles. The average Bonchev–Trinajstić information content (AvgIpc) is 2.14. The van der Waals surface area contributed by atoms with E-state index in [-0.39, 0.29) is 6.04 Å². The van der Waals surface area contributed by atoms with Crippen LogP contribution in [0, 0.1) is 0 Å². The summed E-state index contributed by atoms with van der Waals surface area (Å²) in [4.78, 5) is -0.946. The molecule has 0 spiro atoms. The minimum Gasteiger partial charge on any atom is -0.377 e. The zero-order valence-electron chi connectivity index (χ0n) is 8.02. The molecule has 0 aromatic heterocycles. The van der Waals surface area contributed by atoms with E-state index < -0.39 is 18.0 Å². The first-order valence-electron chi connectivity index (χ1n) is 3.65. The predicted octanol–water partition coefficient (Wildman–Crippen LogP) is 2.84. The van der Waals surface area contributed by atoms with Crippen LogP contribution in [0.4, 0.5) is 0 Å². The van der Waals surface area contributed by atoms with Crippen LogP contribution in [0.5, 0.6) is 0 Å². The van der Waals surface area contributed by atoms with E-state index in [0.717, 1.165) is 0 Å². The van der Waals surface area contributed by atoms with Crippen LogP contribution in [0.2, 0.25) is 6.04 Å². The second kappa shape index (κ2) is 6.11. The van der Waals surface area contributed by atoms with Gasteiger partial charge in [0.15, 0.2) is 4.33 Å². The Labute approximate surface area is 105 Å². The van der Waals surface area contributed by atoms with Gasteiger partial charge in [0, 0.05) is 21.3 Å².